The van der Waals surface area contributed by atoms with E-state index >= 15 is 0 Å². The lowest BCUT2D eigenvalue weighted by Crippen LogP contribution is -1.87. The first-order chi connectivity index (χ1) is 10.3. The molecule has 0 atom stereocenters. The molecule has 0 unspecified atom stereocenters. The first-order valence-electron chi connectivity index (χ1n) is 6.34. The van der Waals surface area contributed by atoms with Gasteiger partial charge in [-0.15, -0.1) is 11.3 Å². The molecule has 0 fully saturated rings. The lowest BCUT2D eigenvalue weighted by atomic mass is 10.1. The third-order valence-electron chi connectivity index (χ3n) is 3.07. The fourth-order valence-electron chi connectivity index (χ4n) is 2.03. The summed E-state index contributed by atoms with van der Waals surface area (Å²) < 4.78 is 1.04. The van der Waals surface area contributed by atoms with Crippen molar-refractivity contribution in [2.75, 3.05) is 0 Å². The molecule has 0 aliphatic rings. The molecule has 1 aromatic heterocycles. The van der Waals surface area contributed by atoms with Gasteiger partial charge in [0.1, 0.15) is 11.1 Å². The van der Waals surface area contributed by atoms with Crippen molar-refractivity contribution >= 4 is 39.5 Å². The average molecular weight is 290 g/mol. The summed E-state index contributed by atoms with van der Waals surface area (Å²) in [6, 6.07) is 17.1. The summed E-state index contributed by atoms with van der Waals surface area (Å²) in [5.41, 5.74) is 2.63. The summed E-state index contributed by atoms with van der Waals surface area (Å²) in [5, 5.41) is 10.1. The van der Waals surface area contributed by atoms with Gasteiger partial charge in [-0.1, -0.05) is 36.4 Å². The fraction of sp³-hybridized carbons (Fsp3) is 0. The van der Waals surface area contributed by atoms with Crippen molar-refractivity contribution in [1.29, 1.82) is 5.26 Å². The summed E-state index contributed by atoms with van der Waals surface area (Å²) >= 11 is 1.47. The van der Waals surface area contributed by atoms with E-state index in [1.165, 1.54) is 11.3 Å². The van der Waals surface area contributed by atoms with Crippen LogP contribution in [0.2, 0.25) is 0 Å². The number of fused-ring (bicyclic) bond motifs is 1. The number of carbonyl (C=O) groups is 1. The molecule has 0 aliphatic heterocycles. The molecule has 0 spiro atoms. The van der Waals surface area contributed by atoms with Gasteiger partial charge in [0.05, 0.1) is 15.8 Å². The number of para-hydroxylation sites is 1. The zero-order valence-electron chi connectivity index (χ0n) is 11.0. The maximum atomic E-state index is 11.0. The highest BCUT2D eigenvalue weighted by molar-refractivity contribution is 7.19. The maximum Gasteiger partial charge on any atom is 0.150 e. The van der Waals surface area contributed by atoms with E-state index in [1.54, 1.807) is 18.2 Å². The van der Waals surface area contributed by atoms with Crippen LogP contribution in [0.4, 0.5) is 0 Å². The van der Waals surface area contributed by atoms with E-state index in [0.717, 1.165) is 22.1 Å². The standard InChI is InChI=1S/C17H10N2OS/c18-10-14(9-12-5-1-2-6-13(12)11-20)17-19-15-7-3-4-8-16(15)21-17/h1-9,11H. The molecule has 3 aromatic rings. The summed E-state index contributed by atoms with van der Waals surface area (Å²) in [6.45, 7) is 0. The quantitative estimate of drug-likeness (QED) is 0.537. The van der Waals surface area contributed by atoms with E-state index in [1.807, 2.05) is 36.4 Å². The fourth-order valence-corrected chi connectivity index (χ4v) is 2.97. The van der Waals surface area contributed by atoms with Crippen molar-refractivity contribution in [2.45, 2.75) is 0 Å². The van der Waals surface area contributed by atoms with Crippen LogP contribution in [0.5, 0.6) is 0 Å². The molecular formula is C17H10N2OS. The van der Waals surface area contributed by atoms with Crippen molar-refractivity contribution in [3.8, 4) is 6.07 Å². The molecule has 1 heterocycles. The van der Waals surface area contributed by atoms with Crippen molar-refractivity contribution in [3.63, 3.8) is 0 Å². The van der Waals surface area contributed by atoms with E-state index < -0.39 is 0 Å². The summed E-state index contributed by atoms with van der Waals surface area (Å²) in [6.07, 6.45) is 2.50. The molecule has 0 bridgehead atoms. The molecule has 3 nitrogen and oxygen atoms in total. The molecule has 0 N–H and O–H groups in total. The zero-order valence-corrected chi connectivity index (χ0v) is 11.8. The van der Waals surface area contributed by atoms with Gasteiger partial charge in [0, 0.05) is 5.56 Å². The Kier molecular flexibility index (Phi) is 3.59. The molecule has 0 saturated carbocycles. The summed E-state index contributed by atoms with van der Waals surface area (Å²) in [5.74, 6) is 0. The molecular weight excluding hydrogens is 280 g/mol. The number of thiazole rings is 1. The highest BCUT2D eigenvalue weighted by Crippen LogP contribution is 2.28. The van der Waals surface area contributed by atoms with Gasteiger partial charge < -0.3 is 0 Å². The maximum absolute atomic E-state index is 11.0. The predicted molar refractivity (Wildman–Crippen MR) is 84.9 cm³/mol. The number of benzene rings is 2. The van der Waals surface area contributed by atoms with Crippen LogP contribution < -0.4 is 0 Å². The summed E-state index contributed by atoms with van der Waals surface area (Å²) in [7, 11) is 0. The molecule has 3 rings (SSSR count). The van der Waals surface area contributed by atoms with Crippen LogP contribution in [0.1, 0.15) is 20.9 Å². The number of hydrogen-bond donors (Lipinski definition) is 0. The number of nitrogens with zero attached hydrogens (tertiary/aromatic N) is 2. The van der Waals surface area contributed by atoms with Gasteiger partial charge in [0.25, 0.3) is 0 Å². The number of aromatic nitrogens is 1. The Morgan fingerprint density at radius 3 is 2.52 bits per heavy atom. The smallest absolute Gasteiger partial charge is 0.150 e. The Balaban J connectivity index is 2.11. The van der Waals surface area contributed by atoms with Gasteiger partial charge in [-0.05, 0) is 23.8 Å². The second kappa shape index (κ2) is 5.70. The highest BCUT2D eigenvalue weighted by Gasteiger charge is 2.09. The molecule has 0 aliphatic carbocycles. The third kappa shape index (κ3) is 2.60. The average Bonchev–Trinajstić information content (AvgIpc) is 2.96. The predicted octanol–water partition coefficient (Wildman–Crippen LogP) is 4.17. The first-order valence-corrected chi connectivity index (χ1v) is 7.15. The van der Waals surface area contributed by atoms with Gasteiger partial charge >= 0.3 is 0 Å². The molecule has 0 saturated heterocycles. The van der Waals surface area contributed by atoms with Crippen LogP contribution in [0.25, 0.3) is 21.9 Å². The second-order valence-corrected chi connectivity index (χ2v) is 5.43. The highest BCUT2D eigenvalue weighted by atomic mass is 32.1. The van der Waals surface area contributed by atoms with Crippen molar-refractivity contribution in [2.24, 2.45) is 0 Å². The van der Waals surface area contributed by atoms with E-state index in [-0.39, 0.29) is 0 Å². The normalized spacial score (nSPS) is 11.3. The van der Waals surface area contributed by atoms with Crippen LogP contribution in [0.3, 0.4) is 0 Å². The Labute approximate surface area is 125 Å². The van der Waals surface area contributed by atoms with Gasteiger partial charge in [-0.25, -0.2) is 4.98 Å². The Morgan fingerprint density at radius 2 is 1.81 bits per heavy atom. The largest absolute Gasteiger partial charge is 0.298 e. The zero-order chi connectivity index (χ0) is 14.7. The van der Waals surface area contributed by atoms with Gasteiger partial charge in [0.2, 0.25) is 0 Å². The van der Waals surface area contributed by atoms with E-state index in [4.69, 9.17) is 0 Å². The number of nitriles is 1. The number of allylic oxidation sites excluding steroid dienone is 1. The first kappa shape index (κ1) is 13.2. The minimum Gasteiger partial charge on any atom is -0.298 e. The number of carbonyl (C=O) groups excluding carboxylic acids is 1. The van der Waals surface area contributed by atoms with Crippen LogP contribution >= 0.6 is 11.3 Å². The number of rotatable bonds is 3. The van der Waals surface area contributed by atoms with Crippen molar-refractivity contribution < 1.29 is 4.79 Å². The minimum absolute atomic E-state index is 0.463. The molecule has 100 valence electrons. The van der Waals surface area contributed by atoms with Gasteiger partial charge in [0.15, 0.2) is 6.29 Å². The molecule has 21 heavy (non-hydrogen) atoms. The summed E-state index contributed by atoms with van der Waals surface area (Å²) in [4.78, 5) is 15.5. The molecule has 2 aromatic carbocycles. The lowest BCUT2D eigenvalue weighted by molar-refractivity contribution is 0.112. The van der Waals surface area contributed by atoms with Crippen molar-refractivity contribution in [3.05, 3.63) is 64.7 Å². The van der Waals surface area contributed by atoms with E-state index in [2.05, 4.69) is 11.1 Å². The van der Waals surface area contributed by atoms with Crippen molar-refractivity contribution in [1.82, 2.24) is 4.98 Å². The minimum atomic E-state index is 0.463. The van der Waals surface area contributed by atoms with E-state index in [0.29, 0.717) is 16.1 Å². The molecule has 4 heteroatoms. The topological polar surface area (TPSA) is 53.8 Å². The van der Waals surface area contributed by atoms with Crippen LogP contribution in [-0.2, 0) is 0 Å². The monoisotopic (exact) mass is 290 g/mol. The van der Waals surface area contributed by atoms with Gasteiger partial charge in [-0.2, -0.15) is 5.26 Å². The number of aldehydes is 1. The molecule has 0 radical (unpaired) electrons. The Bertz CT molecular complexity index is 854. The van der Waals surface area contributed by atoms with Gasteiger partial charge in [-0.3, -0.25) is 4.79 Å². The van der Waals surface area contributed by atoms with E-state index in [9.17, 15) is 10.1 Å². The Morgan fingerprint density at radius 1 is 1.10 bits per heavy atom. The lowest BCUT2D eigenvalue weighted by Gasteiger charge is -1.98. The van der Waals surface area contributed by atoms with Crippen LogP contribution in [0.15, 0.2) is 48.5 Å². The van der Waals surface area contributed by atoms with Crippen LogP contribution in [-0.4, -0.2) is 11.3 Å². The van der Waals surface area contributed by atoms with Crippen LogP contribution in [0, 0.1) is 11.3 Å². The SMILES string of the molecule is N#CC(=Cc1ccccc1C=O)c1nc2ccccc2s1. The third-order valence-corrected chi connectivity index (χ3v) is 4.14. The second-order valence-electron chi connectivity index (χ2n) is 4.40. The number of hydrogen-bond acceptors (Lipinski definition) is 4. The molecule has 0 amide bonds. The Hall–Kier alpha value is -2.77.